The molecule has 8 aromatic rings. The number of aryl methyl sites for hydroxylation is 1. The van der Waals surface area contributed by atoms with Gasteiger partial charge in [-0.3, -0.25) is 0 Å². The van der Waals surface area contributed by atoms with Crippen LogP contribution < -0.4 is 4.57 Å². The van der Waals surface area contributed by atoms with E-state index in [9.17, 15) is 0 Å². The molecule has 0 saturated carbocycles. The Morgan fingerprint density at radius 2 is 1.49 bits per heavy atom. The number of hydrogen-bond donors (Lipinski definition) is 0. The Morgan fingerprint density at radius 3 is 2.31 bits per heavy atom. The van der Waals surface area contributed by atoms with Gasteiger partial charge in [-0.15, -0.1) is 0 Å². The summed E-state index contributed by atoms with van der Waals surface area (Å²) in [5.74, 6) is 1.52. The Bertz CT molecular complexity index is 2800. The molecule has 5 heteroatoms. The highest BCUT2D eigenvalue weighted by Crippen LogP contribution is 2.43. The van der Waals surface area contributed by atoms with Crippen molar-refractivity contribution >= 4 is 46.8 Å². The van der Waals surface area contributed by atoms with Crippen LogP contribution in [0.5, 0.6) is 0 Å². The molecule has 6 aromatic carbocycles. The topological polar surface area (TPSA) is 25.0 Å². The lowest BCUT2D eigenvalue weighted by Gasteiger charge is -2.32. The molecule has 270 valence electrons. The van der Waals surface area contributed by atoms with Crippen molar-refractivity contribution in [2.75, 3.05) is 6.54 Å². The number of hydrogen-bond acceptors (Lipinski definition) is 1. The number of imidazole rings is 1. The summed E-state index contributed by atoms with van der Waals surface area (Å²) >= 11 is 0. The molecule has 2 aromatic heterocycles. The Kier molecular flexibility index (Phi) is 8.11. The summed E-state index contributed by atoms with van der Waals surface area (Å²) in [6, 6.07) is 52.6. The van der Waals surface area contributed by atoms with Crippen LogP contribution in [0.2, 0.25) is 25.7 Å². The monoisotopic (exact) mass is 733 g/mol. The maximum atomic E-state index is 6.97. The number of benzene rings is 6. The van der Waals surface area contributed by atoms with Crippen LogP contribution in [0.25, 0.3) is 61.2 Å². The van der Waals surface area contributed by atoms with E-state index >= 15 is 0 Å². The van der Waals surface area contributed by atoms with Gasteiger partial charge in [-0.2, -0.15) is 4.57 Å². The number of para-hydroxylation sites is 3. The number of nitrogens with zero attached hydrogens (tertiary/aromatic N) is 3. The van der Waals surface area contributed by atoms with Gasteiger partial charge in [-0.05, 0) is 71.5 Å². The predicted molar refractivity (Wildman–Crippen MR) is 230 cm³/mol. The van der Waals surface area contributed by atoms with Gasteiger partial charge in [0.2, 0.25) is 5.71 Å². The molecule has 0 amide bonds. The number of fused-ring (bicyclic) bond motifs is 12. The smallest absolute Gasteiger partial charge is 0.299 e. The standard InChI is InChI=1S/C50H47N3OSi/c1-5-43-39-18-10-9-17-38(39)40-29-25-36-26-30-42-41-19-11-14-22-47(41)54-49(42)48(36)50-52(33-46(40)51(43)31-32-55(2,3)4)44-20-12-13-21-45(44)53(50)37-27-23-35(24-28-37)34-15-7-6-8-16-34/h5-24,26-28,30,40,46H,1,25,29,31-33H2,2-4H3/q+2. The molecule has 2 atom stereocenters. The van der Waals surface area contributed by atoms with E-state index in [0.29, 0.717) is 5.92 Å². The Labute approximate surface area is 324 Å². The van der Waals surface area contributed by atoms with Crippen molar-refractivity contribution in [2.45, 2.75) is 57.0 Å². The van der Waals surface area contributed by atoms with Gasteiger partial charge in [0.15, 0.2) is 29.2 Å². The molecule has 2 unspecified atom stereocenters. The normalized spacial score (nSPS) is 16.9. The van der Waals surface area contributed by atoms with Crippen LogP contribution in [0.3, 0.4) is 0 Å². The predicted octanol–water partition coefficient (Wildman–Crippen LogP) is 11.6. The van der Waals surface area contributed by atoms with Crippen LogP contribution in [0, 0.1) is 0 Å². The van der Waals surface area contributed by atoms with Gasteiger partial charge >= 0.3 is 0 Å². The molecular formula is C50H47N3OSi+2. The Hall–Kier alpha value is -5.78. The van der Waals surface area contributed by atoms with Gasteiger partial charge in [0.1, 0.15) is 23.4 Å². The van der Waals surface area contributed by atoms with Gasteiger partial charge in [0, 0.05) is 28.5 Å². The highest BCUT2D eigenvalue weighted by Gasteiger charge is 2.45. The zero-order chi connectivity index (χ0) is 37.3. The summed E-state index contributed by atoms with van der Waals surface area (Å²) in [5, 5.41) is 2.32. The van der Waals surface area contributed by atoms with Crippen molar-refractivity contribution in [1.29, 1.82) is 0 Å². The zero-order valence-electron chi connectivity index (χ0n) is 32.0. The van der Waals surface area contributed by atoms with Crippen LogP contribution in [0.15, 0.2) is 157 Å². The number of furan rings is 1. The van der Waals surface area contributed by atoms with Crippen molar-refractivity contribution in [3.8, 4) is 28.2 Å². The lowest BCUT2D eigenvalue weighted by atomic mass is 9.79. The van der Waals surface area contributed by atoms with Gasteiger partial charge in [-0.25, -0.2) is 9.14 Å². The summed E-state index contributed by atoms with van der Waals surface area (Å²) < 4.78 is 14.9. The molecule has 10 rings (SSSR count). The maximum Gasteiger partial charge on any atom is 0.299 e. The molecule has 0 fully saturated rings. The summed E-state index contributed by atoms with van der Waals surface area (Å²) in [5.41, 5.74) is 14.5. The molecule has 4 nitrogen and oxygen atoms in total. The highest BCUT2D eigenvalue weighted by molar-refractivity contribution is 6.76. The maximum absolute atomic E-state index is 6.97. The fourth-order valence-corrected chi connectivity index (χ4v) is 10.4. The molecule has 0 aliphatic carbocycles. The zero-order valence-corrected chi connectivity index (χ0v) is 33.0. The fraction of sp³-hybridized carbons (Fsp3) is 0.200. The Morgan fingerprint density at radius 1 is 0.764 bits per heavy atom. The first-order chi connectivity index (χ1) is 26.9. The minimum atomic E-state index is -1.36. The quantitative estimate of drug-likeness (QED) is 0.123. The third kappa shape index (κ3) is 5.63. The largest absolute Gasteiger partial charge is 0.455 e. The van der Waals surface area contributed by atoms with Gasteiger partial charge in [0.05, 0.1) is 14.0 Å². The summed E-state index contributed by atoms with van der Waals surface area (Å²) in [7, 11) is -1.36. The van der Waals surface area contributed by atoms with Crippen molar-refractivity contribution in [3.63, 3.8) is 0 Å². The molecule has 2 aliphatic rings. The Balaban J connectivity index is 1.28. The average Bonchev–Trinajstić information content (AvgIpc) is 3.76. The van der Waals surface area contributed by atoms with E-state index in [4.69, 9.17) is 4.42 Å². The van der Waals surface area contributed by atoms with Crippen molar-refractivity contribution in [3.05, 3.63) is 169 Å². The van der Waals surface area contributed by atoms with E-state index in [1.165, 1.54) is 62.0 Å². The van der Waals surface area contributed by atoms with E-state index in [-0.39, 0.29) is 6.04 Å². The fourth-order valence-electron chi connectivity index (χ4n) is 9.49. The van der Waals surface area contributed by atoms with E-state index < -0.39 is 8.07 Å². The molecule has 4 heterocycles. The first-order valence-electron chi connectivity index (χ1n) is 19.9. The second kappa shape index (κ2) is 13.2. The van der Waals surface area contributed by atoms with Crippen molar-refractivity contribution in [2.24, 2.45) is 0 Å². The first-order valence-corrected chi connectivity index (χ1v) is 23.6. The van der Waals surface area contributed by atoms with Crippen LogP contribution in [0.4, 0.5) is 0 Å². The highest BCUT2D eigenvalue weighted by atomic mass is 28.3. The van der Waals surface area contributed by atoms with E-state index in [1.807, 2.05) is 0 Å². The second-order valence-electron chi connectivity index (χ2n) is 16.6. The van der Waals surface area contributed by atoms with E-state index in [2.05, 4.69) is 186 Å². The third-order valence-corrected chi connectivity index (χ3v) is 13.9. The lowest BCUT2D eigenvalue weighted by Crippen LogP contribution is -2.52. The lowest BCUT2D eigenvalue weighted by molar-refractivity contribution is -0.712. The minimum Gasteiger partial charge on any atom is -0.455 e. The molecule has 0 radical (unpaired) electrons. The number of aromatic nitrogens is 2. The van der Waals surface area contributed by atoms with Crippen molar-refractivity contribution < 1.29 is 13.6 Å². The number of allylic oxidation sites excluding steroid dienone is 1. The van der Waals surface area contributed by atoms with Crippen molar-refractivity contribution in [1.82, 2.24) is 4.57 Å². The summed E-state index contributed by atoms with van der Waals surface area (Å²) in [6.45, 7) is 13.8. The van der Waals surface area contributed by atoms with Crippen LogP contribution in [-0.2, 0) is 13.0 Å². The average molecular weight is 734 g/mol. The molecule has 0 spiro atoms. The SMILES string of the molecule is C=CC1=[N+](CC[Si](C)(C)C)C2C[n+]3c(n(-c4ccc(-c5ccccc5)cc4)c4ccccc43)-c3c(ccc4c3oc3ccccc34)CCC2c2ccccc21. The summed E-state index contributed by atoms with van der Waals surface area (Å²) in [4.78, 5) is 0. The molecule has 0 N–H and O–H groups in total. The van der Waals surface area contributed by atoms with Gasteiger partial charge in [-0.1, -0.05) is 129 Å². The van der Waals surface area contributed by atoms with Crippen LogP contribution in [-0.4, -0.2) is 35.5 Å². The summed E-state index contributed by atoms with van der Waals surface area (Å²) in [6.07, 6.45) is 4.11. The molecule has 0 saturated heterocycles. The molecule has 0 bridgehead atoms. The minimum absolute atomic E-state index is 0.239. The van der Waals surface area contributed by atoms with Gasteiger partial charge in [0.25, 0.3) is 5.82 Å². The van der Waals surface area contributed by atoms with E-state index in [0.717, 1.165) is 53.6 Å². The third-order valence-electron chi connectivity index (χ3n) is 12.2. The molecular weight excluding hydrogens is 687 g/mol. The van der Waals surface area contributed by atoms with Crippen LogP contribution >= 0.6 is 0 Å². The molecule has 2 aliphatic heterocycles. The number of rotatable bonds is 6. The second-order valence-corrected chi connectivity index (χ2v) is 22.3. The first kappa shape index (κ1) is 33.8. The van der Waals surface area contributed by atoms with Gasteiger partial charge < -0.3 is 4.42 Å². The van der Waals surface area contributed by atoms with E-state index in [1.54, 1.807) is 0 Å². The van der Waals surface area contributed by atoms with Crippen LogP contribution in [0.1, 0.15) is 29.0 Å². The molecule has 55 heavy (non-hydrogen) atoms.